The maximum atomic E-state index is 12.2. The molecule has 1 saturated carbocycles. The van der Waals surface area contributed by atoms with Gasteiger partial charge in [0.2, 0.25) is 0 Å². The van der Waals surface area contributed by atoms with Gasteiger partial charge in [0, 0.05) is 11.5 Å². The quantitative estimate of drug-likeness (QED) is 0.574. The lowest BCUT2D eigenvalue weighted by Gasteiger charge is -2.11. The number of furan rings is 1. The summed E-state index contributed by atoms with van der Waals surface area (Å²) in [6.45, 7) is 4.82. The number of nitrogens with zero attached hydrogens (tertiary/aromatic N) is 1. The van der Waals surface area contributed by atoms with E-state index in [1.165, 1.54) is 12.6 Å². The van der Waals surface area contributed by atoms with Gasteiger partial charge in [-0.05, 0) is 49.1 Å². The Morgan fingerprint density at radius 3 is 2.85 bits per heavy atom. The molecule has 1 amide bonds. The fourth-order valence-electron chi connectivity index (χ4n) is 2.71. The number of ether oxygens (including phenoxy) is 2. The number of amides is 1. The Labute approximate surface area is 153 Å². The molecule has 0 saturated heterocycles. The highest BCUT2D eigenvalue weighted by Gasteiger charge is 2.36. The van der Waals surface area contributed by atoms with Crippen molar-refractivity contribution in [2.75, 3.05) is 13.7 Å². The molecule has 0 radical (unpaired) electrons. The summed E-state index contributed by atoms with van der Waals surface area (Å²) in [4.78, 5) is 12.2. The van der Waals surface area contributed by atoms with E-state index in [1.54, 1.807) is 25.3 Å². The summed E-state index contributed by atoms with van der Waals surface area (Å²) in [6, 6.07) is 8.87. The molecule has 1 aromatic carbocycles. The van der Waals surface area contributed by atoms with E-state index in [4.69, 9.17) is 13.9 Å². The Bertz CT molecular complexity index is 797. The topological polar surface area (TPSA) is 73.1 Å². The molecule has 2 aromatic rings. The average Bonchev–Trinajstić information content (AvgIpc) is 3.20. The first-order chi connectivity index (χ1) is 12.6. The SMILES string of the molecule is CCCOc1ccc(C(=O)N/N=C\c2ccc([C@@H]3C[C@@H]3C)o2)cc1OC. The van der Waals surface area contributed by atoms with Crippen molar-refractivity contribution in [3.05, 3.63) is 47.4 Å². The van der Waals surface area contributed by atoms with Crippen LogP contribution in [0.25, 0.3) is 0 Å². The molecule has 1 aliphatic carbocycles. The van der Waals surface area contributed by atoms with Crippen LogP contribution in [0.1, 0.15) is 54.5 Å². The molecule has 26 heavy (non-hydrogen) atoms. The normalized spacial score (nSPS) is 18.7. The molecule has 1 aliphatic rings. The minimum atomic E-state index is -0.329. The highest BCUT2D eigenvalue weighted by atomic mass is 16.5. The molecule has 1 heterocycles. The third kappa shape index (κ3) is 4.25. The molecule has 6 heteroatoms. The second-order valence-corrected chi connectivity index (χ2v) is 6.47. The Hall–Kier alpha value is -2.76. The average molecular weight is 356 g/mol. The zero-order valence-electron chi connectivity index (χ0n) is 15.3. The van der Waals surface area contributed by atoms with Gasteiger partial charge in [0.1, 0.15) is 11.5 Å². The monoisotopic (exact) mass is 356 g/mol. The van der Waals surface area contributed by atoms with Crippen LogP contribution >= 0.6 is 0 Å². The number of carbonyl (C=O) groups is 1. The first kappa shape index (κ1) is 18.0. The molecule has 0 unspecified atom stereocenters. The summed E-state index contributed by atoms with van der Waals surface area (Å²) in [6.07, 6.45) is 3.57. The van der Waals surface area contributed by atoms with Gasteiger partial charge in [-0.2, -0.15) is 5.10 Å². The van der Waals surface area contributed by atoms with Gasteiger partial charge in [-0.25, -0.2) is 5.43 Å². The molecule has 1 N–H and O–H groups in total. The van der Waals surface area contributed by atoms with E-state index in [0.717, 1.165) is 12.2 Å². The highest BCUT2D eigenvalue weighted by Crippen LogP contribution is 2.47. The molecule has 2 atom stereocenters. The fraction of sp³-hybridized carbons (Fsp3) is 0.400. The lowest BCUT2D eigenvalue weighted by Crippen LogP contribution is -2.17. The molecule has 6 nitrogen and oxygen atoms in total. The summed E-state index contributed by atoms with van der Waals surface area (Å²) in [5.41, 5.74) is 2.94. The van der Waals surface area contributed by atoms with Crippen LogP contribution < -0.4 is 14.9 Å². The van der Waals surface area contributed by atoms with Gasteiger partial charge in [0.05, 0.1) is 19.9 Å². The highest BCUT2D eigenvalue weighted by molar-refractivity contribution is 5.95. The van der Waals surface area contributed by atoms with Gasteiger partial charge in [0.15, 0.2) is 11.5 Å². The minimum Gasteiger partial charge on any atom is -0.493 e. The Morgan fingerprint density at radius 1 is 1.35 bits per heavy atom. The minimum absolute atomic E-state index is 0.329. The molecule has 1 aromatic heterocycles. The maximum Gasteiger partial charge on any atom is 0.271 e. The smallest absolute Gasteiger partial charge is 0.271 e. The summed E-state index contributed by atoms with van der Waals surface area (Å²) in [5, 5.41) is 3.97. The molecule has 0 spiro atoms. The van der Waals surface area contributed by atoms with Crippen LogP contribution in [-0.2, 0) is 0 Å². The number of rotatable bonds is 8. The number of carbonyl (C=O) groups excluding carboxylic acids is 1. The number of hydrazone groups is 1. The van der Waals surface area contributed by atoms with E-state index in [1.807, 2.05) is 19.1 Å². The van der Waals surface area contributed by atoms with Gasteiger partial charge in [-0.15, -0.1) is 0 Å². The zero-order valence-corrected chi connectivity index (χ0v) is 15.3. The van der Waals surface area contributed by atoms with Crippen molar-refractivity contribution in [2.24, 2.45) is 11.0 Å². The van der Waals surface area contributed by atoms with E-state index in [2.05, 4.69) is 17.5 Å². The summed E-state index contributed by atoms with van der Waals surface area (Å²) in [7, 11) is 1.54. The maximum absolute atomic E-state index is 12.2. The van der Waals surface area contributed by atoms with Crippen molar-refractivity contribution < 1.29 is 18.7 Å². The second-order valence-electron chi connectivity index (χ2n) is 6.47. The fourth-order valence-corrected chi connectivity index (χ4v) is 2.71. The predicted molar refractivity (Wildman–Crippen MR) is 99.1 cm³/mol. The van der Waals surface area contributed by atoms with Crippen molar-refractivity contribution in [1.82, 2.24) is 5.43 Å². The molecule has 138 valence electrons. The molecular formula is C20H24N2O4. The molecule has 0 aliphatic heterocycles. The van der Waals surface area contributed by atoms with Crippen LogP contribution in [0.5, 0.6) is 11.5 Å². The van der Waals surface area contributed by atoms with Gasteiger partial charge in [0.25, 0.3) is 5.91 Å². The molecule has 3 rings (SSSR count). The number of hydrogen-bond donors (Lipinski definition) is 1. The Morgan fingerprint density at radius 2 is 2.15 bits per heavy atom. The van der Waals surface area contributed by atoms with Crippen LogP contribution in [0.2, 0.25) is 0 Å². The van der Waals surface area contributed by atoms with E-state index >= 15 is 0 Å². The van der Waals surface area contributed by atoms with Crippen LogP contribution in [0.15, 0.2) is 39.9 Å². The summed E-state index contributed by atoms with van der Waals surface area (Å²) >= 11 is 0. The standard InChI is InChI=1S/C20H24N2O4/c1-4-9-25-18-7-5-14(11-19(18)24-3)20(23)22-21-12-15-6-8-17(26-15)16-10-13(16)2/h5-8,11-13,16H,4,9-10H2,1-3H3,(H,22,23)/b21-12-/t13-,16+/m0/s1. The van der Waals surface area contributed by atoms with Crippen LogP contribution in [0.3, 0.4) is 0 Å². The number of methoxy groups -OCH3 is 1. The van der Waals surface area contributed by atoms with Gasteiger partial charge >= 0.3 is 0 Å². The van der Waals surface area contributed by atoms with Crippen LogP contribution in [0.4, 0.5) is 0 Å². The second kappa shape index (κ2) is 8.08. The van der Waals surface area contributed by atoms with Crippen molar-refractivity contribution in [1.29, 1.82) is 0 Å². The Kier molecular flexibility index (Phi) is 5.61. The predicted octanol–water partition coefficient (Wildman–Crippen LogP) is 3.96. The third-order valence-corrected chi connectivity index (χ3v) is 4.37. The number of hydrogen-bond acceptors (Lipinski definition) is 5. The Balaban J connectivity index is 1.59. The number of benzene rings is 1. The zero-order chi connectivity index (χ0) is 18.5. The lowest BCUT2D eigenvalue weighted by molar-refractivity contribution is 0.0954. The third-order valence-electron chi connectivity index (χ3n) is 4.37. The van der Waals surface area contributed by atoms with Gasteiger partial charge in [-0.3, -0.25) is 4.79 Å². The van der Waals surface area contributed by atoms with Crippen LogP contribution in [0, 0.1) is 5.92 Å². The van der Waals surface area contributed by atoms with Crippen molar-refractivity contribution in [2.45, 2.75) is 32.6 Å². The van der Waals surface area contributed by atoms with Gasteiger partial charge < -0.3 is 13.9 Å². The first-order valence-electron chi connectivity index (χ1n) is 8.86. The molecule has 0 bridgehead atoms. The van der Waals surface area contributed by atoms with Crippen molar-refractivity contribution in [3.8, 4) is 11.5 Å². The van der Waals surface area contributed by atoms with Gasteiger partial charge in [-0.1, -0.05) is 13.8 Å². The first-order valence-corrected chi connectivity index (χ1v) is 8.86. The lowest BCUT2D eigenvalue weighted by atomic mass is 10.2. The largest absolute Gasteiger partial charge is 0.493 e. The number of nitrogens with one attached hydrogen (secondary N) is 1. The van der Waals surface area contributed by atoms with E-state index in [9.17, 15) is 4.79 Å². The van der Waals surface area contributed by atoms with E-state index in [-0.39, 0.29) is 5.91 Å². The van der Waals surface area contributed by atoms with Crippen molar-refractivity contribution in [3.63, 3.8) is 0 Å². The van der Waals surface area contributed by atoms with E-state index in [0.29, 0.717) is 41.3 Å². The molecule has 1 fully saturated rings. The summed E-state index contributed by atoms with van der Waals surface area (Å²) < 4.78 is 16.6. The van der Waals surface area contributed by atoms with E-state index < -0.39 is 0 Å². The summed E-state index contributed by atoms with van der Waals surface area (Å²) in [5.74, 6) is 3.62. The van der Waals surface area contributed by atoms with Crippen LogP contribution in [-0.4, -0.2) is 25.8 Å². The van der Waals surface area contributed by atoms with Crippen molar-refractivity contribution >= 4 is 12.1 Å². The molecular weight excluding hydrogens is 332 g/mol.